The van der Waals surface area contributed by atoms with Crippen LogP contribution in [0.15, 0.2) is 23.2 Å². The summed E-state index contributed by atoms with van der Waals surface area (Å²) in [4.78, 5) is 4.42. The predicted octanol–water partition coefficient (Wildman–Crippen LogP) is 2.84. The van der Waals surface area contributed by atoms with Gasteiger partial charge in [0, 0.05) is 17.5 Å². The number of nitrogens with one attached hydrogen (secondary N) is 1. The molecular weight excluding hydrogens is 272 g/mol. The third kappa shape index (κ3) is 3.17. The largest absolute Gasteiger partial charge is 0.370 e. The molecule has 3 nitrogen and oxygen atoms in total. The molecule has 0 amide bonds. The molecule has 21 heavy (non-hydrogen) atoms. The van der Waals surface area contributed by atoms with Gasteiger partial charge in [-0.3, -0.25) is 4.99 Å². The summed E-state index contributed by atoms with van der Waals surface area (Å²) in [6, 6.07) is 4.31. The van der Waals surface area contributed by atoms with Gasteiger partial charge < -0.3 is 11.1 Å². The third-order valence-electron chi connectivity index (χ3n) is 4.54. The minimum absolute atomic E-state index is 0.340. The zero-order valence-electron chi connectivity index (χ0n) is 12.0. The van der Waals surface area contributed by atoms with Gasteiger partial charge in [-0.15, -0.1) is 0 Å². The first-order valence-electron chi connectivity index (χ1n) is 7.61. The average molecular weight is 293 g/mol. The lowest BCUT2D eigenvalue weighted by atomic mass is 9.78. The van der Waals surface area contributed by atoms with E-state index >= 15 is 0 Å². The fourth-order valence-corrected chi connectivity index (χ4v) is 3.20. The van der Waals surface area contributed by atoms with Crippen molar-refractivity contribution in [2.75, 3.05) is 6.54 Å². The molecule has 1 aromatic carbocycles. The molecule has 0 saturated heterocycles. The molecule has 114 valence electrons. The maximum Gasteiger partial charge on any atom is 0.188 e. The molecule has 0 aromatic heterocycles. The van der Waals surface area contributed by atoms with Crippen molar-refractivity contribution in [1.29, 1.82) is 0 Å². The molecule has 0 unspecified atom stereocenters. The zero-order valence-corrected chi connectivity index (χ0v) is 12.0. The standard InChI is InChI=1S/C16H21F2N3/c17-11-3-6-13(14(18)9-11)16(7-1-2-8-16)10-20-15(19)21-12-4-5-12/h3,6,9,12H,1-2,4-5,7-8,10H2,(H3,19,20,21). The molecule has 2 aliphatic rings. The van der Waals surface area contributed by atoms with Gasteiger partial charge in [0.2, 0.25) is 0 Å². The lowest BCUT2D eigenvalue weighted by Gasteiger charge is -2.28. The Morgan fingerprint density at radius 2 is 2.00 bits per heavy atom. The first-order valence-corrected chi connectivity index (χ1v) is 7.61. The number of rotatable bonds is 4. The van der Waals surface area contributed by atoms with Crippen molar-refractivity contribution in [3.8, 4) is 0 Å². The smallest absolute Gasteiger partial charge is 0.188 e. The third-order valence-corrected chi connectivity index (χ3v) is 4.54. The van der Waals surface area contributed by atoms with E-state index in [1.54, 1.807) is 6.07 Å². The summed E-state index contributed by atoms with van der Waals surface area (Å²) < 4.78 is 27.3. The maximum absolute atomic E-state index is 14.2. The number of nitrogens with two attached hydrogens (primary N) is 1. The number of benzene rings is 1. The van der Waals surface area contributed by atoms with E-state index in [9.17, 15) is 8.78 Å². The first kappa shape index (κ1) is 14.3. The maximum atomic E-state index is 14.2. The number of nitrogens with zero attached hydrogens (tertiary/aromatic N) is 1. The highest BCUT2D eigenvalue weighted by atomic mass is 19.1. The predicted molar refractivity (Wildman–Crippen MR) is 79.2 cm³/mol. The van der Waals surface area contributed by atoms with Crippen LogP contribution in [0.2, 0.25) is 0 Å². The van der Waals surface area contributed by atoms with E-state index in [0.717, 1.165) is 44.6 Å². The second kappa shape index (κ2) is 5.62. The molecule has 0 spiro atoms. The fourth-order valence-electron chi connectivity index (χ4n) is 3.20. The summed E-state index contributed by atoms with van der Waals surface area (Å²) in [6.07, 6.45) is 6.10. The molecule has 2 fully saturated rings. The summed E-state index contributed by atoms with van der Waals surface area (Å²) in [7, 11) is 0. The van der Waals surface area contributed by atoms with Crippen LogP contribution in [0.4, 0.5) is 8.78 Å². The van der Waals surface area contributed by atoms with Gasteiger partial charge in [0.15, 0.2) is 5.96 Å². The molecule has 1 aromatic rings. The van der Waals surface area contributed by atoms with Gasteiger partial charge in [0.05, 0.1) is 6.54 Å². The monoisotopic (exact) mass is 293 g/mol. The minimum atomic E-state index is -0.539. The van der Waals surface area contributed by atoms with Crippen molar-refractivity contribution in [1.82, 2.24) is 5.32 Å². The Kier molecular flexibility index (Phi) is 3.83. The molecule has 0 atom stereocenters. The Morgan fingerprint density at radius 3 is 2.62 bits per heavy atom. The summed E-state index contributed by atoms with van der Waals surface area (Å²) in [5, 5.41) is 3.14. The van der Waals surface area contributed by atoms with E-state index in [0.29, 0.717) is 24.1 Å². The molecule has 5 heteroatoms. The average Bonchev–Trinajstić information content (AvgIpc) is 3.12. The zero-order chi connectivity index (χ0) is 14.9. The Morgan fingerprint density at radius 1 is 1.29 bits per heavy atom. The molecular formula is C16H21F2N3. The normalized spacial score (nSPS) is 21.5. The van der Waals surface area contributed by atoms with Crippen molar-refractivity contribution in [3.05, 3.63) is 35.4 Å². The molecule has 0 heterocycles. The van der Waals surface area contributed by atoms with Crippen LogP contribution < -0.4 is 11.1 Å². The second-order valence-electron chi connectivity index (χ2n) is 6.23. The fraction of sp³-hybridized carbons (Fsp3) is 0.562. The van der Waals surface area contributed by atoms with Gasteiger partial charge in [-0.05, 0) is 37.3 Å². The van der Waals surface area contributed by atoms with E-state index in [1.165, 1.54) is 6.07 Å². The van der Waals surface area contributed by atoms with E-state index in [4.69, 9.17) is 5.73 Å². The van der Waals surface area contributed by atoms with Crippen molar-refractivity contribution >= 4 is 5.96 Å². The van der Waals surface area contributed by atoms with Gasteiger partial charge in [0.1, 0.15) is 11.6 Å². The van der Waals surface area contributed by atoms with E-state index in [1.807, 2.05) is 0 Å². The lowest BCUT2D eigenvalue weighted by molar-refractivity contribution is 0.424. The molecule has 0 radical (unpaired) electrons. The van der Waals surface area contributed by atoms with Crippen molar-refractivity contribution in [3.63, 3.8) is 0 Å². The van der Waals surface area contributed by atoms with Crippen LogP contribution in [0.25, 0.3) is 0 Å². The minimum Gasteiger partial charge on any atom is -0.370 e. The Bertz CT molecular complexity index is 546. The van der Waals surface area contributed by atoms with Gasteiger partial charge in [0.25, 0.3) is 0 Å². The van der Waals surface area contributed by atoms with Crippen molar-refractivity contribution in [2.24, 2.45) is 10.7 Å². The van der Waals surface area contributed by atoms with Crippen LogP contribution in [-0.4, -0.2) is 18.5 Å². The Balaban J connectivity index is 1.81. The summed E-state index contributed by atoms with van der Waals surface area (Å²) in [6.45, 7) is 0.459. The van der Waals surface area contributed by atoms with E-state index in [2.05, 4.69) is 10.3 Å². The van der Waals surface area contributed by atoms with Crippen LogP contribution in [-0.2, 0) is 5.41 Å². The van der Waals surface area contributed by atoms with Crippen molar-refractivity contribution in [2.45, 2.75) is 50.0 Å². The van der Waals surface area contributed by atoms with Gasteiger partial charge in [-0.25, -0.2) is 8.78 Å². The second-order valence-corrected chi connectivity index (χ2v) is 6.23. The SMILES string of the molecule is NC(=NCC1(c2ccc(F)cc2F)CCCC1)NC1CC1. The quantitative estimate of drug-likeness (QED) is 0.662. The first-order chi connectivity index (χ1) is 10.1. The molecule has 2 aliphatic carbocycles. The molecule has 3 rings (SSSR count). The van der Waals surface area contributed by atoms with Gasteiger partial charge >= 0.3 is 0 Å². The lowest BCUT2D eigenvalue weighted by Crippen LogP contribution is -2.36. The molecule has 3 N–H and O–H groups in total. The van der Waals surface area contributed by atoms with Crippen LogP contribution >= 0.6 is 0 Å². The number of guanidine groups is 1. The van der Waals surface area contributed by atoms with E-state index in [-0.39, 0.29) is 5.41 Å². The van der Waals surface area contributed by atoms with Crippen molar-refractivity contribution < 1.29 is 8.78 Å². The number of hydrogen-bond acceptors (Lipinski definition) is 1. The summed E-state index contributed by atoms with van der Waals surface area (Å²) >= 11 is 0. The Labute approximate surface area is 123 Å². The molecule has 2 saturated carbocycles. The number of hydrogen-bond donors (Lipinski definition) is 2. The van der Waals surface area contributed by atoms with Crippen LogP contribution in [0.5, 0.6) is 0 Å². The highest BCUT2D eigenvalue weighted by Crippen LogP contribution is 2.42. The topological polar surface area (TPSA) is 50.4 Å². The highest BCUT2D eigenvalue weighted by molar-refractivity contribution is 5.78. The van der Waals surface area contributed by atoms with Crippen LogP contribution in [0.1, 0.15) is 44.1 Å². The molecule has 0 aliphatic heterocycles. The van der Waals surface area contributed by atoms with Crippen LogP contribution in [0.3, 0.4) is 0 Å². The molecule has 0 bridgehead atoms. The number of halogens is 2. The highest BCUT2D eigenvalue weighted by Gasteiger charge is 2.37. The Hall–Kier alpha value is -1.65. The van der Waals surface area contributed by atoms with E-state index < -0.39 is 11.6 Å². The van der Waals surface area contributed by atoms with Gasteiger partial charge in [-0.1, -0.05) is 18.9 Å². The summed E-state index contributed by atoms with van der Waals surface area (Å²) in [5.41, 5.74) is 6.11. The number of aliphatic imine (C=N–C) groups is 1. The van der Waals surface area contributed by atoms with Gasteiger partial charge in [-0.2, -0.15) is 0 Å². The summed E-state index contributed by atoms with van der Waals surface area (Å²) in [5.74, 6) is -0.574. The van der Waals surface area contributed by atoms with Crippen LogP contribution in [0, 0.1) is 11.6 Å².